The molecule has 0 unspecified atom stereocenters. The van der Waals surface area contributed by atoms with Crippen LogP contribution in [0.4, 0.5) is 0 Å². The van der Waals surface area contributed by atoms with Crippen molar-refractivity contribution in [3.05, 3.63) is 279 Å². The maximum Gasteiger partial charge on any atom is 0.143 e. The molecule has 2 nitrogen and oxygen atoms in total. The Morgan fingerprint density at radius 3 is 1.14 bits per heavy atom. The second kappa shape index (κ2) is 17.7. The van der Waals surface area contributed by atoms with E-state index in [9.17, 15) is 0 Å². The normalized spacial score (nSPS) is 11.8. The molecule has 14 aromatic carbocycles. The quantitative estimate of drug-likeness (QED) is 0.149. The monoisotopic (exact) mass is 990 g/mol. The predicted molar refractivity (Wildman–Crippen MR) is 329 cm³/mol. The number of fused-ring (bicyclic) bond motifs is 10. The van der Waals surface area contributed by atoms with Crippen LogP contribution in [0.5, 0.6) is 0 Å². The fourth-order valence-corrected chi connectivity index (χ4v) is 12.8. The van der Waals surface area contributed by atoms with Crippen molar-refractivity contribution in [2.24, 2.45) is 0 Å². The van der Waals surface area contributed by atoms with Gasteiger partial charge in [-0.2, -0.15) is 0 Å². The molecule has 0 saturated carbocycles. The van der Waals surface area contributed by atoms with E-state index < -0.39 is 0 Å². The van der Waals surface area contributed by atoms with E-state index in [1.807, 2.05) is 0 Å². The van der Waals surface area contributed by atoms with Gasteiger partial charge in [-0.25, -0.2) is 0 Å². The maximum atomic E-state index is 7.33. The second-order valence-corrected chi connectivity index (χ2v) is 20.5. The maximum absolute atomic E-state index is 7.33. The first kappa shape index (κ1) is 44.1. The highest BCUT2D eigenvalue weighted by atomic mass is 16.3. The minimum Gasteiger partial charge on any atom is -0.455 e. The summed E-state index contributed by atoms with van der Waals surface area (Å²) in [4.78, 5) is 0. The lowest BCUT2D eigenvalue weighted by atomic mass is 9.84. The van der Waals surface area contributed by atoms with E-state index in [1.54, 1.807) is 0 Å². The molecule has 0 aliphatic heterocycles. The molecular formula is C76H46O2. The molecule has 0 atom stereocenters. The van der Waals surface area contributed by atoms with Crippen molar-refractivity contribution in [1.82, 2.24) is 0 Å². The second-order valence-electron chi connectivity index (χ2n) is 20.5. The number of furan rings is 2. The summed E-state index contributed by atoms with van der Waals surface area (Å²) in [5.74, 6) is 0. The Labute approximate surface area is 450 Å². The van der Waals surface area contributed by atoms with Crippen LogP contribution in [0.1, 0.15) is 0 Å². The molecule has 2 aromatic heterocycles. The minimum atomic E-state index is 0.846. The summed E-state index contributed by atoms with van der Waals surface area (Å²) in [6.07, 6.45) is 0. The molecule has 2 heterocycles. The molecule has 0 spiro atoms. The van der Waals surface area contributed by atoms with Gasteiger partial charge in [0.2, 0.25) is 0 Å². The first-order valence-electron chi connectivity index (χ1n) is 26.8. The van der Waals surface area contributed by atoms with Crippen LogP contribution in [-0.4, -0.2) is 0 Å². The zero-order valence-corrected chi connectivity index (χ0v) is 42.4. The molecule has 0 saturated heterocycles. The predicted octanol–water partition coefficient (Wildman–Crippen LogP) is 21.8. The summed E-state index contributed by atoms with van der Waals surface area (Å²) in [6, 6.07) is 101. The summed E-state index contributed by atoms with van der Waals surface area (Å²) in [5.41, 5.74) is 19.6. The van der Waals surface area contributed by atoms with Gasteiger partial charge < -0.3 is 8.83 Å². The van der Waals surface area contributed by atoms with Crippen molar-refractivity contribution in [1.29, 1.82) is 0 Å². The Morgan fingerprint density at radius 2 is 0.590 bits per heavy atom. The van der Waals surface area contributed by atoms with Crippen molar-refractivity contribution >= 4 is 87.0 Å². The lowest BCUT2D eigenvalue weighted by Crippen LogP contribution is -1.92. The van der Waals surface area contributed by atoms with E-state index in [4.69, 9.17) is 8.83 Å². The van der Waals surface area contributed by atoms with E-state index in [-0.39, 0.29) is 0 Å². The van der Waals surface area contributed by atoms with Crippen LogP contribution in [0.15, 0.2) is 288 Å². The smallest absolute Gasteiger partial charge is 0.143 e. The lowest BCUT2D eigenvalue weighted by molar-refractivity contribution is 0.670. The molecule has 0 aliphatic rings. The van der Waals surface area contributed by atoms with Gasteiger partial charge in [-0.15, -0.1) is 0 Å². The Kier molecular flexibility index (Phi) is 9.98. The number of benzene rings is 14. The van der Waals surface area contributed by atoms with Crippen LogP contribution < -0.4 is 0 Å². The third-order valence-corrected chi connectivity index (χ3v) is 16.2. The summed E-state index contributed by atoms with van der Waals surface area (Å²) < 4.78 is 14.3. The van der Waals surface area contributed by atoms with Crippen molar-refractivity contribution in [3.8, 4) is 77.9 Å². The fraction of sp³-hybridized carbons (Fsp3) is 0. The molecule has 0 bridgehead atoms. The highest BCUT2D eigenvalue weighted by Crippen LogP contribution is 2.51. The van der Waals surface area contributed by atoms with Gasteiger partial charge in [0.1, 0.15) is 22.3 Å². The van der Waals surface area contributed by atoms with E-state index in [0.29, 0.717) is 0 Å². The molecule has 0 radical (unpaired) electrons. The van der Waals surface area contributed by atoms with Crippen LogP contribution in [0.3, 0.4) is 0 Å². The summed E-state index contributed by atoms with van der Waals surface area (Å²) in [7, 11) is 0. The van der Waals surface area contributed by atoms with E-state index in [2.05, 4.69) is 279 Å². The molecule has 78 heavy (non-hydrogen) atoms. The minimum absolute atomic E-state index is 0.846. The van der Waals surface area contributed by atoms with Crippen molar-refractivity contribution < 1.29 is 8.83 Å². The number of rotatable bonds is 7. The Bertz CT molecular complexity index is 4950. The molecule has 0 amide bonds. The molecule has 0 aliphatic carbocycles. The fourth-order valence-electron chi connectivity index (χ4n) is 12.8. The first-order chi connectivity index (χ1) is 38.7. The largest absolute Gasteiger partial charge is 0.455 e. The average molecular weight is 991 g/mol. The van der Waals surface area contributed by atoms with E-state index >= 15 is 0 Å². The van der Waals surface area contributed by atoms with Crippen LogP contribution in [-0.2, 0) is 0 Å². The molecule has 0 fully saturated rings. The summed E-state index contributed by atoms with van der Waals surface area (Å²) in [5, 5.41) is 14.0. The number of hydrogen-bond acceptors (Lipinski definition) is 2. The van der Waals surface area contributed by atoms with Crippen LogP contribution in [0.25, 0.3) is 165 Å². The van der Waals surface area contributed by atoms with Crippen LogP contribution in [0, 0.1) is 0 Å². The highest BCUT2D eigenvalue weighted by Gasteiger charge is 2.25. The average Bonchev–Trinajstić information content (AvgIpc) is 4.16. The van der Waals surface area contributed by atoms with Gasteiger partial charge in [0.05, 0.1) is 0 Å². The van der Waals surface area contributed by atoms with Gasteiger partial charge in [0.15, 0.2) is 0 Å². The Hall–Kier alpha value is -10.3. The van der Waals surface area contributed by atoms with Crippen molar-refractivity contribution in [2.45, 2.75) is 0 Å². The van der Waals surface area contributed by atoms with Gasteiger partial charge in [0.25, 0.3) is 0 Å². The van der Waals surface area contributed by atoms with E-state index in [1.165, 1.54) is 76.5 Å². The zero-order chi connectivity index (χ0) is 51.3. The van der Waals surface area contributed by atoms with Gasteiger partial charge in [-0.1, -0.05) is 237 Å². The van der Waals surface area contributed by atoms with Crippen molar-refractivity contribution in [2.75, 3.05) is 0 Å². The van der Waals surface area contributed by atoms with Gasteiger partial charge in [-0.3, -0.25) is 0 Å². The third-order valence-electron chi connectivity index (χ3n) is 16.2. The highest BCUT2D eigenvalue weighted by molar-refractivity contribution is 6.27. The van der Waals surface area contributed by atoms with Gasteiger partial charge in [-0.05, 0) is 141 Å². The van der Waals surface area contributed by atoms with Gasteiger partial charge >= 0.3 is 0 Å². The van der Waals surface area contributed by atoms with Crippen LogP contribution in [0.2, 0.25) is 0 Å². The topological polar surface area (TPSA) is 26.3 Å². The molecule has 16 rings (SSSR count). The van der Waals surface area contributed by atoms with Crippen molar-refractivity contribution in [3.63, 3.8) is 0 Å². The zero-order valence-electron chi connectivity index (χ0n) is 42.4. The first-order valence-corrected chi connectivity index (χ1v) is 26.8. The molecular weight excluding hydrogens is 945 g/mol. The number of para-hydroxylation sites is 1. The molecule has 362 valence electrons. The SMILES string of the molecule is c1ccc(-c2c3ccccc3c(-c3cc(-c4cccc(-c5ccc6c(c5)oc5c(-c7c8ccccc8c(-c8ccccc8)c8ccccc78)ccc(-c7ccccc7)c56)c4)cc4c3oc3ccccc34)c3ccccc23)cc1. The van der Waals surface area contributed by atoms with Gasteiger partial charge in [0, 0.05) is 43.8 Å². The third kappa shape index (κ3) is 6.83. The molecule has 16 aromatic rings. The Morgan fingerprint density at radius 1 is 0.179 bits per heavy atom. The molecule has 0 N–H and O–H groups in total. The number of hydrogen-bond donors (Lipinski definition) is 0. The summed E-state index contributed by atoms with van der Waals surface area (Å²) >= 11 is 0. The van der Waals surface area contributed by atoms with Crippen LogP contribution >= 0.6 is 0 Å². The Balaban J connectivity index is 0.896. The summed E-state index contributed by atoms with van der Waals surface area (Å²) in [6.45, 7) is 0. The van der Waals surface area contributed by atoms with E-state index in [0.717, 1.165) is 88.4 Å². The molecule has 2 heteroatoms. The standard InChI is InChI=1S/C76H46O2/c1-4-21-47(22-5-1)54-41-42-65(72-60-34-14-10-30-56(60)70(48-23-6-2-7-24-48)57-31-11-15-35-61(57)72)76-74(54)64-40-39-52(46-69(64)78-76)50-27-20-28-51(43-50)53-44-66-55-29-18-19-38-68(55)77-75(66)67(45-53)73-62-36-16-12-32-58(62)71(49-25-8-3-9-26-49)59-33-13-17-37-63(59)73/h1-46H. The lowest BCUT2D eigenvalue weighted by Gasteiger charge is -2.18.